The second-order valence-corrected chi connectivity index (χ2v) is 8.06. The fraction of sp³-hybridized carbons (Fsp3) is 0.0741. The Bertz CT molecular complexity index is 1380. The van der Waals surface area contributed by atoms with Gasteiger partial charge in [-0.3, -0.25) is 0 Å². The molecule has 6 heteroatoms. The summed E-state index contributed by atoms with van der Waals surface area (Å²) in [5.41, 5.74) is 5.12. The number of rotatable bonds is 7. The van der Waals surface area contributed by atoms with Gasteiger partial charge in [-0.1, -0.05) is 60.1 Å². The van der Waals surface area contributed by atoms with Gasteiger partial charge in [0.1, 0.15) is 25.0 Å². The van der Waals surface area contributed by atoms with Crippen LogP contribution >= 0.6 is 11.6 Å². The molecule has 0 radical (unpaired) electrons. The molecule has 0 aliphatic heterocycles. The van der Waals surface area contributed by atoms with Gasteiger partial charge in [-0.15, -0.1) is 0 Å². The van der Waals surface area contributed by atoms with Gasteiger partial charge in [0, 0.05) is 10.4 Å². The lowest BCUT2D eigenvalue weighted by Crippen LogP contribution is -2.02. The molecule has 2 heterocycles. The predicted molar refractivity (Wildman–Crippen MR) is 132 cm³/mol. The van der Waals surface area contributed by atoms with Crippen molar-refractivity contribution < 1.29 is 4.74 Å². The minimum atomic E-state index is 0.413. The zero-order valence-corrected chi connectivity index (χ0v) is 18.6. The fourth-order valence-corrected chi connectivity index (χ4v) is 3.71. The molecule has 0 aliphatic carbocycles. The summed E-state index contributed by atoms with van der Waals surface area (Å²) in [6.45, 7) is 1.01. The van der Waals surface area contributed by atoms with E-state index in [4.69, 9.17) is 16.3 Å². The van der Waals surface area contributed by atoms with Crippen LogP contribution in [-0.4, -0.2) is 19.7 Å². The Hall–Kier alpha value is -3.96. The molecule has 0 amide bonds. The molecule has 3 aromatic carbocycles. The van der Waals surface area contributed by atoms with E-state index in [1.807, 2.05) is 60.7 Å². The van der Waals surface area contributed by atoms with Crippen LogP contribution in [0.2, 0.25) is 5.02 Å². The Labute approximate surface area is 197 Å². The summed E-state index contributed by atoms with van der Waals surface area (Å²) >= 11 is 6.04. The maximum atomic E-state index is 6.04. The van der Waals surface area contributed by atoms with Gasteiger partial charge in [0.25, 0.3) is 0 Å². The molecule has 5 nitrogen and oxygen atoms in total. The number of pyridine rings is 1. The third-order valence-corrected chi connectivity index (χ3v) is 5.53. The van der Waals surface area contributed by atoms with Crippen molar-refractivity contribution in [1.29, 1.82) is 0 Å². The van der Waals surface area contributed by atoms with Crippen LogP contribution in [0.3, 0.4) is 0 Å². The molecule has 0 spiro atoms. The van der Waals surface area contributed by atoms with E-state index in [1.165, 1.54) is 6.33 Å². The topological polar surface area (TPSA) is 52.8 Å². The summed E-state index contributed by atoms with van der Waals surface area (Å²) in [5, 5.41) is 6.09. The van der Waals surface area contributed by atoms with Crippen molar-refractivity contribution in [1.82, 2.24) is 19.7 Å². The molecule has 0 saturated carbocycles. The van der Waals surface area contributed by atoms with Gasteiger partial charge in [0.2, 0.25) is 0 Å². The third kappa shape index (κ3) is 5.27. The van der Waals surface area contributed by atoms with Crippen molar-refractivity contribution in [3.05, 3.63) is 119 Å². The zero-order valence-electron chi connectivity index (χ0n) is 17.8. The summed E-state index contributed by atoms with van der Waals surface area (Å²) in [4.78, 5) is 8.73. The highest BCUT2D eigenvalue weighted by atomic mass is 35.5. The number of nitrogens with zero attached hydrogens (tertiary/aromatic N) is 4. The highest BCUT2D eigenvalue weighted by Crippen LogP contribution is 2.24. The Balaban J connectivity index is 1.34. The second-order valence-electron chi connectivity index (χ2n) is 7.62. The smallest absolute Gasteiger partial charge is 0.137 e. The lowest BCUT2D eigenvalue weighted by Gasteiger charge is -2.11. The lowest BCUT2D eigenvalue weighted by atomic mass is 10.0. The Morgan fingerprint density at radius 2 is 1.73 bits per heavy atom. The van der Waals surface area contributed by atoms with Gasteiger partial charge < -0.3 is 4.74 Å². The van der Waals surface area contributed by atoms with Crippen LogP contribution in [0.5, 0.6) is 5.75 Å². The predicted octanol–water partition coefficient (Wildman–Crippen LogP) is 6.30. The molecule has 162 valence electrons. The highest BCUT2D eigenvalue weighted by molar-refractivity contribution is 6.30. The van der Waals surface area contributed by atoms with Crippen molar-refractivity contribution in [2.45, 2.75) is 13.2 Å². The van der Waals surface area contributed by atoms with Crippen LogP contribution in [0.25, 0.3) is 22.6 Å². The first-order valence-electron chi connectivity index (χ1n) is 10.6. The maximum absolute atomic E-state index is 6.04. The quantitative estimate of drug-likeness (QED) is 0.272. The Morgan fingerprint density at radius 1 is 0.909 bits per heavy atom. The van der Waals surface area contributed by atoms with Gasteiger partial charge in [0.05, 0.1) is 17.8 Å². The number of halogens is 1. The van der Waals surface area contributed by atoms with Crippen molar-refractivity contribution in [2.75, 3.05) is 0 Å². The normalized spacial score (nSPS) is 11.6. The summed E-state index contributed by atoms with van der Waals surface area (Å²) in [6, 6.07) is 28.0. The zero-order chi connectivity index (χ0) is 22.5. The van der Waals surface area contributed by atoms with Gasteiger partial charge in [-0.25, -0.2) is 14.6 Å². The second kappa shape index (κ2) is 9.67. The first-order valence-corrected chi connectivity index (χ1v) is 11.0. The largest absolute Gasteiger partial charge is 0.487 e. The van der Waals surface area contributed by atoms with E-state index in [0.717, 1.165) is 39.0 Å². The number of benzene rings is 3. The number of fused-ring (bicyclic) bond motifs is 1. The van der Waals surface area contributed by atoms with Gasteiger partial charge >= 0.3 is 0 Å². The molecule has 0 fully saturated rings. The molecule has 5 rings (SSSR count). The molecule has 33 heavy (non-hydrogen) atoms. The summed E-state index contributed by atoms with van der Waals surface area (Å²) in [7, 11) is 0. The van der Waals surface area contributed by atoms with Crippen LogP contribution < -0.4 is 4.74 Å². The van der Waals surface area contributed by atoms with E-state index in [9.17, 15) is 0 Å². The van der Waals surface area contributed by atoms with Crippen LogP contribution in [0.4, 0.5) is 0 Å². The third-order valence-electron chi connectivity index (χ3n) is 5.28. The molecule has 5 aromatic rings. The average molecular weight is 453 g/mol. The Morgan fingerprint density at radius 3 is 2.52 bits per heavy atom. The van der Waals surface area contributed by atoms with Crippen molar-refractivity contribution in [3.63, 3.8) is 0 Å². The first kappa shape index (κ1) is 20.9. The minimum Gasteiger partial charge on any atom is -0.487 e. The lowest BCUT2D eigenvalue weighted by molar-refractivity contribution is 0.302. The SMILES string of the molecule is Clc1ccc(/C=C(/Cn2cncn2)c2ccc(OCc3ccc4ccccc4n3)cc2)cc1. The van der Waals surface area contributed by atoms with Crippen LogP contribution in [0.1, 0.15) is 16.8 Å². The summed E-state index contributed by atoms with van der Waals surface area (Å²) < 4.78 is 7.79. The van der Waals surface area contributed by atoms with E-state index in [2.05, 4.69) is 45.4 Å². The van der Waals surface area contributed by atoms with Crippen LogP contribution in [0, 0.1) is 0 Å². The highest BCUT2D eigenvalue weighted by Gasteiger charge is 2.06. The van der Waals surface area contributed by atoms with Crippen molar-refractivity contribution >= 4 is 34.2 Å². The number of hydrogen-bond acceptors (Lipinski definition) is 4. The molecular formula is C27H21ClN4O. The molecular weight excluding hydrogens is 432 g/mol. The average Bonchev–Trinajstić information content (AvgIpc) is 3.37. The fourth-order valence-electron chi connectivity index (χ4n) is 3.58. The summed E-state index contributed by atoms with van der Waals surface area (Å²) in [5.74, 6) is 0.792. The van der Waals surface area contributed by atoms with E-state index in [1.54, 1.807) is 11.0 Å². The molecule has 0 atom stereocenters. The Kier molecular flexibility index (Phi) is 6.13. The molecule has 0 N–H and O–H groups in total. The van der Waals surface area contributed by atoms with Crippen molar-refractivity contribution in [3.8, 4) is 5.75 Å². The maximum Gasteiger partial charge on any atom is 0.137 e. The molecule has 2 aromatic heterocycles. The molecule has 0 bridgehead atoms. The van der Waals surface area contributed by atoms with Crippen molar-refractivity contribution in [2.24, 2.45) is 0 Å². The van der Waals surface area contributed by atoms with Crippen LogP contribution in [-0.2, 0) is 13.2 Å². The molecule has 0 unspecified atom stereocenters. The number of hydrogen-bond donors (Lipinski definition) is 0. The minimum absolute atomic E-state index is 0.413. The van der Waals surface area contributed by atoms with E-state index in [0.29, 0.717) is 18.2 Å². The van der Waals surface area contributed by atoms with Gasteiger partial charge in [0.15, 0.2) is 0 Å². The van der Waals surface area contributed by atoms with E-state index >= 15 is 0 Å². The van der Waals surface area contributed by atoms with E-state index < -0.39 is 0 Å². The summed E-state index contributed by atoms with van der Waals surface area (Å²) in [6.07, 6.45) is 5.38. The van der Waals surface area contributed by atoms with Gasteiger partial charge in [-0.2, -0.15) is 5.10 Å². The number of ether oxygens (including phenoxy) is 1. The van der Waals surface area contributed by atoms with Crippen LogP contribution in [0.15, 0.2) is 97.6 Å². The number of para-hydroxylation sites is 1. The van der Waals surface area contributed by atoms with E-state index in [-0.39, 0.29) is 0 Å². The standard InChI is InChI=1S/C27H21ClN4O/c28-24-10-5-20(6-11-24)15-23(16-32-19-29-18-30-32)21-8-13-26(14-9-21)33-17-25-12-7-22-3-1-2-4-27(22)31-25/h1-15,18-19H,16-17H2/b23-15-. The first-order chi connectivity index (χ1) is 16.2. The molecule has 0 aliphatic rings. The monoisotopic (exact) mass is 452 g/mol. The molecule has 0 saturated heterocycles. The number of allylic oxidation sites excluding steroid dienone is 1. The number of aromatic nitrogens is 4. The van der Waals surface area contributed by atoms with Gasteiger partial charge in [-0.05, 0) is 59.2 Å².